The fourth-order valence-corrected chi connectivity index (χ4v) is 2.91. The van der Waals surface area contributed by atoms with Crippen molar-refractivity contribution in [3.8, 4) is 11.5 Å². The van der Waals surface area contributed by atoms with Gasteiger partial charge in [-0.1, -0.05) is 11.6 Å². The van der Waals surface area contributed by atoms with Crippen LogP contribution in [0.4, 0.5) is 0 Å². The van der Waals surface area contributed by atoms with E-state index >= 15 is 0 Å². The van der Waals surface area contributed by atoms with E-state index in [0.717, 1.165) is 0 Å². The van der Waals surface area contributed by atoms with Gasteiger partial charge in [-0.25, -0.2) is 4.83 Å². The van der Waals surface area contributed by atoms with Crippen molar-refractivity contribution in [1.82, 2.24) is 4.83 Å². The van der Waals surface area contributed by atoms with Crippen LogP contribution in [0.25, 0.3) is 0 Å². The fourth-order valence-electron chi connectivity index (χ4n) is 1.99. The average Bonchev–Trinajstić information content (AvgIpc) is 2.57. The second kappa shape index (κ2) is 8.73. The first-order valence-electron chi connectivity index (χ1n) is 7.66. The summed E-state index contributed by atoms with van der Waals surface area (Å²) >= 11 is 5.76. The van der Waals surface area contributed by atoms with Gasteiger partial charge in [-0.3, -0.25) is 0 Å². The van der Waals surface area contributed by atoms with Crippen molar-refractivity contribution in [2.75, 3.05) is 13.2 Å². The van der Waals surface area contributed by atoms with Gasteiger partial charge >= 0.3 is 0 Å². The minimum absolute atomic E-state index is 0.0748. The van der Waals surface area contributed by atoms with Gasteiger partial charge in [0.1, 0.15) is 11.5 Å². The third kappa shape index (κ3) is 5.37. The Morgan fingerprint density at radius 2 is 1.76 bits per heavy atom. The standard InChI is InChI=1S/C17H19ClN2O4S/c1-3-23-15-8-5-13(17(11-15)24-4-2)12-19-20-25(21,22)16-9-6-14(18)7-10-16/h5-12,20H,3-4H2,1-2H3/b19-12+. The quantitative estimate of drug-likeness (QED) is 0.560. The molecule has 0 saturated heterocycles. The molecule has 8 heteroatoms. The first kappa shape index (κ1) is 19.1. The molecule has 0 heterocycles. The van der Waals surface area contributed by atoms with Gasteiger partial charge in [0.2, 0.25) is 0 Å². The topological polar surface area (TPSA) is 77.0 Å². The van der Waals surface area contributed by atoms with Gasteiger partial charge in [0.05, 0.1) is 24.3 Å². The highest BCUT2D eigenvalue weighted by atomic mass is 35.5. The van der Waals surface area contributed by atoms with Crippen LogP contribution in [0, 0.1) is 0 Å². The van der Waals surface area contributed by atoms with Crippen molar-refractivity contribution < 1.29 is 17.9 Å². The molecule has 1 N–H and O–H groups in total. The smallest absolute Gasteiger partial charge is 0.276 e. The second-order valence-electron chi connectivity index (χ2n) is 4.87. The van der Waals surface area contributed by atoms with Crippen LogP contribution >= 0.6 is 11.6 Å². The minimum Gasteiger partial charge on any atom is -0.494 e. The van der Waals surface area contributed by atoms with Crippen molar-refractivity contribution in [3.05, 3.63) is 53.1 Å². The maximum Gasteiger partial charge on any atom is 0.276 e. The van der Waals surface area contributed by atoms with Crippen LogP contribution in [-0.4, -0.2) is 27.8 Å². The molecule has 2 aromatic rings. The zero-order valence-corrected chi connectivity index (χ0v) is 15.5. The van der Waals surface area contributed by atoms with Gasteiger partial charge in [-0.15, -0.1) is 0 Å². The number of hydrogen-bond acceptors (Lipinski definition) is 5. The molecule has 0 aliphatic carbocycles. The summed E-state index contributed by atoms with van der Waals surface area (Å²) in [5.41, 5.74) is 0.629. The highest BCUT2D eigenvalue weighted by molar-refractivity contribution is 7.89. The molecule has 25 heavy (non-hydrogen) atoms. The minimum atomic E-state index is -3.76. The number of hydrazone groups is 1. The monoisotopic (exact) mass is 382 g/mol. The predicted octanol–water partition coefficient (Wildman–Crippen LogP) is 3.45. The van der Waals surface area contributed by atoms with Crippen LogP contribution in [0.5, 0.6) is 11.5 Å². The van der Waals surface area contributed by atoms with E-state index in [0.29, 0.717) is 35.3 Å². The maximum atomic E-state index is 12.2. The van der Waals surface area contributed by atoms with Crippen molar-refractivity contribution in [2.45, 2.75) is 18.7 Å². The molecule has 0 amide bonds. The Bertz CT molecular complexity index is 836. The molecule has 0 aliphatic rings. The van der Waals surface area contributed by atoms with Crippen molar-refractivity contribution in [2.24, 2.45) is 5.10 Å². The van der Waals surface area contributed by atoms with Crippen molar-refractivity contribution >= 4 is 27.8 Å². The van der Waals surface area contributed by atoms with E-state index in [-0.39, 0.29) is 4.90 Å². The van der Waals surface area contributed by atoms with E-state index in [1.807, 2.05) is 13.8 Å². The van der Waals surface area contributed by atoms with Gasteiger partial charge < -0.3 is 9.47 Å². The van der Waals surface area contributed by atoms with Crippen LogP contribution in [-0.2, 0) is 10.0 Å². The molecule has 0 aromatic heterocycles. The number of sulfonamides is 1. The summed E-state index contributed by atoms with van der Waals surface area (Å²) in [7, 11) is -3.76. The molecular formula is C17H19ClN2O4S. The molecule has 0 spiro atoms. The van der Waals surface area contributed by atoms with Gasteiger partial charge in [0.25, 0.3) is 10.0 Å². The Morgan fingerprint density at radius 3 is 2.40 bits per heavy atom. The fraction of sp³-hybridized carbons (Fsp3) is 0.235. The SMILES string of the molecule is CCOc1ccc(/C=N/NS(=O)(=O)c2ccc(Cl)cc2)c(OCC)c1. The molecule has 0 atom stereocenters. The summed E-state index contributed by atoms with van der Waals surface area (Å²) in [6.45, 7) is 4.76. The number of nitrogens with one attached hydrogen (secondary N) is 1. The number of ether oxygens (including phenoxy) is 2. The normalized spacial score (nSPS) is 11.5. The molecule has 0 saturated carbocycles. The highest BCUT2D eigenvalue weighted by Crippen LogP contribution is 2.24. The molecule has 134 valence electrons. The number of rotatable bonds is 8. The van der Waals surface area contributed by atoms with Gasteiger partial charge in [-0.2, -0.15) is 13.5 Å². The zero-order chi connectivity index (χ0) is 18.3. The first-order valence-corrected chi connectivity index (χ1v) is 9.52. The van der Waals surface area contributed by atoms with E-state index in [9.17, 15) is 8.42 Å². The molecule has 0 bridgehead atoms. The number of hydrogen-bond donors (Lipinski definition) is 1. The molecule has 2 rings (SSSR count). The van der Waals surface area contributed by atoms with Crippen LogP contribution in [0.3, 0.4) is 0 Å². The first-order chi connectivity index (χ1) is 12.0. The summed E-state index contributed by atoms with van der Waals surface area (Å²) in [5.74, 6) is 1.23. The zero-order valence-electron chi connectivity index (χ0n) is 13.9. The van der Waals surface area contributed by atoms with Crippen LogP contribution in [0.1, 0.15) is 19.4 Å². The van der Waals surface area contributed by atoms with Crippen molar-refractivity contribution in [3.63, 3.8) is 0 Å². The summed E-state index contributed by atoms with van der Waals surface area (Å²) in [5, 5.41) is 4.27. The van der Waals surface area contributed by atoms with Crippen LogP contribution < -0.4 is 14.3 Å². The van der Waals surface area contributed by atoms with Crippen LogP contribution in [0.2, 0.25) is 5.02 Å². The maximum absolute atomic E-state index is 12.2. The summed E-state index contributed by atoms with van der Waals surface area (Å²) in [4.78, 5) is 2.24. The van der Waals surface area contributed by atoms with E-state index < -0.39 is 10.0 Å². The molecule has 0 unspecified atom stereocenters. The molecule has 0 radical (unpaired) electrons. The molecule has 6 nitrogen and oxygen atoms in total. The van der Waals surface area contributed by atoms with E-state index in [1.54, 1.807) is 18.2 Å². The number of halogens is 1. The van der Waals surface area contributed by atoms with Gasteiger partial charge in [0.15, 0.2) is 0 Å². The Labute approximate surface area is 152 Å². The molecule has 2 aromatic carbocycles. The molecule has 0 aliphatic heterocycles. The average molecular weight is 383 g/mol. The van der Waals surface area contributed by atoms with Gasteiger partial charge in [0, 0.05) is 16.7 Å². The Kier molecular flexibility index (Phi) is 6.66. The van der Waals surface area contributed by atoms with Crippen molar-refractivity contribution in [1.29, 1.82) is 0 Å². The predicted molar refractivity (Wildman–Crippen MR) is 98.1 cm³/mol. The Balaban J connectivity index is 2.16. The Hall–Kier alpha value is -2.25. The lowest BCUT2D eigenvalue weighted by molar-refractivity contribution is 0.323. The third-order valence-electron chi connectivity index (χ3n) is 3.10. The highest BCUT2D eigenvalue weighted by Gasteiger charge is 2.12. The molecular weight excluding hydrogens is 364 g/mol. The van der Waals surface area contributed by atoms with E-state index in [1.165, 1.54) is 30.5 Å². The van der Waals surface area contributed by atoms with Gasteiger partial charge in [-0.05, 0) is 50.2 Å². The number of benzene rings is 2. The van der Waals surface area contributed by atoms with E-state index in [2.05, 4.69) is 9.93 Å². The lowest BCUT2D eigenvalue weighted by Crippen LogP contribution is -2.18. The summed E-state index contributed by atoms with van der Waals surface area (Å²) < 4.78 is 35.3. The van der Waals surface area contributed by atoms with E-state index in [4.69, 9.17) is 21.1 Å². The second-order valence-corrected chi connectivity index (χ2v) is 6.97. The van der Waals surface area contributed by atoms with Crippen LogP contribution in [0.15, 0.2) is 52.5 Å². The third-order valence-corrected chi connectivity index (χ3v) is 4.59. The Morgan fingerprint density at radius 1 is 1.08 bits per heavy atom. The number of nitrogens with zero attached hydrogens (tertiary/aromatic N) is 1. The largest absolute Gasteiger partial charge is 0.494 e. The summed E-state index contributed by atoms with van der Waals surface area (Å²) in [6, 6.07) is 11.1. The summed E-state index contributed by atoms with van der Waals surface area (Å²) in [6.07, 6.45) is 1.38. The lowest BCUT2D eigenvalue weighted by Gasteiger charge is -2.10. The molecule has 0 fully saturated rings. The lowest BCUT2D eigenvalue weighted by atomic mass is 10.2.